The summed E-state index contributed by atoms with van der Waals surface area (Å²) in [5.41, 5.74) is 5.16. The zero-order valence-corrected chi connectivity index (χ0v) is 7.10. The van der Waals surface area contributed by atoms with Gasteiger partial charge in [0.15, 0.2) is 0 Å². The van der Waals surface area contributed by atoms with Gasteiger partial charge < -0.3 is 4.79 Å². The second-order valence-electron chi connectivity index (χ2n) is 2.34. The average Bonchev–Trinajstić information content (AvgIpc) is 2.45. The molecule has 0 saturated heterocycles. The van der Waals surface area contributed by atoms with Crippen LogP contribution >= 0.6 is 0 Å². The molecule has 0 spiro atoms. The summed E-state index contributed by atoms with van der Waals surface area (Å²) in [6.45, 7) is 2.00. The molecular formula is C10H10N2O. The number of nitrogens with one attached hydrogen (secondary N) is 1. The average molecular weight is 174 g/mol. The van der Waals surface area contributed by atoms with E-state index in [0.29, 0.717) is 0 Å². The van der Waals surface area contributed by atoms with Crippen LogP contribution in [0.1, 0.15) is 5.56 Å². The lowest BCUT2D eigenvalue weighted by Crippen LogP contribution is -1.87. The van der Waals surface area contributed by atoms with Gasteiger partial charge in [0, 0.05) is 6.21 Å². The van der Waals surface area contributed by atoms with Crippen molar-refractivity contribution >= 4 is 24.8 Å². The summed E-state index contributed by atoms with van der Waals surface area (Å²) in [4.78, 5) is 8.00. The maximum absolute atomic E-state index is 8.00. The highest BCUT2D eigenvalue weighted by molar-refractivity contribution is 5.83. The Kier molecular flexibility index (Phi) is 3.45. The van der Waals surface area contributed by atoms with E-state index in [0.717, 1.165) is 5.69 Å². The second-order valence-corrected chi connectivity index (χ2v) is 2.34. The molecule has 0 amide bonds. The van der Waals surface area contributed by atoms with Gasteiger partial charge in [-0.05, 0) is 17.7 Å². The molecule has 0 atom stereocenters. The topological polar surface area (TPSA) is 41.5 Å². The number of hydrogen-bond donors (Lipinski definition) is 1. The van der Waals surface area contributed by atoms with Gasteiger partial charge in [0.1, 0.15) is 6.79 Å². The van der Waals surface area contributed by atoms with Crippen LogP contribution in [0.4, 0.5) is 5.69 Å². The summed E-state index contributed by atoms with van der Waals surface area (Å²) in [6.07, 6.45) is 5.68. The number of hydrazone groups is 1. The molecule has 2 rings (SSSR count). The monoisotopic (exact) mass is 174 g/mol. The van der Waals surface area contributed by atoms with Crippen LogP contribution in [-0.2, 0) is 4.79 Å². The number of rotatable bonds is 0. The minimum Gasteiger partial charge on any atom is -0.307 e. The molecule has 0 aromatic heterocycles. The van der Waals surface area contributed by atoms with Gasteiger partial charge in [0.05, 0.1) is 5.69 Å². The highest BCUT2D eigenvalue weighted by Gasteiger charge is 1.96. The lowest BCUT2D eigenvalue weighted by atomic mass is 10.2. The van der Waals surface area contributed by atoms with E-state index in [4.69, 9.17) is 4.79 Å². The fourth-order valence-electron chi connectivity index (χ4n) is 1.04. The molecule has 1 aromatic rings. The van der Waals surface area contributed by atoms with Crippen LogP contribution in [-0.4, -0.2) is 13.0 Å². The van der Waals surface area contributed by atoms with E-state index in [9.17, 15) is 0 Å². The van der Waals surface area contributed by atoms with Gasteiger partial charge in [-0.2, -0.15) is 5.10 Å². The Morgan fingerprint density at radius 1 is 1.23 bits per heavy atom. The van der Waals surface area contributed by atoms with Crippen LogP contribution in [0.2, 0.25) is 0 Å². The third kappa shape index (κ3) is 2.27. The molecule has 0 unspecified atom stereocenters. The predicted octanol–water partition coefficient (Wildman–Crippen LogP) is 1.93. The standard InChI is InChI=1S/C9H8N2.CH2O/c1-2-6-9-8(4-1)5-3-7-10-11-9;1-2/h1-7,11H;1H2. The number of para-hydroxylation sites is 1. The van der Waals surface area contributed by atoms with Crippen LogP contribution in [0.15, 0.2) is 35.4 Å². The van der Waals surface area contributed by atoms with E-state index < -0.39 is 0 Å². The fraction of sp³-hybridized carbons (Fsp3) is 0. The Balaban J connectivity index is 0.000000396. The normalized spacial score (nSPS) is 11.7. The second kappa shape index (κ2) is 4.87. The number of benzene rings is 1. The van der Waals surface area contributed by atoms with Crippen molar-refractivity contribution in [3.63, 3.8) is 0 Å². The van der Waals surface area contributed by atoms with E-state index >= 15 is 0 Å². The van der Waals surface area contributed by atoms with Crippen molar-refractivity contribution in [1.82, 2.24) is 0 Å². The summed E-state index contributed by atoms with van der Waals surface area (Å²) in [6, 6.07) is 8.05. The van der Waals surface area contributed by atoms with Crippen molar-refractivity contribution in [3.8, 4) is 0 Å². The Morgan fingerprint density at radius 2 is 2.00 bits per heavy atom. The molecule has 1 heterocycles. The largest absolute Gasteiger partial charge is 0.307 e. The predicted molar refractivity (Wildman–Crippen MR) is 54.7 cm³/mol. The summed E-state index contributed by atoms with van der Waals surface area (Å²) < 4.78 is 0. The number of anilines is 1. The van der Waals surface area contributed by atoms with Gasteiger partial charge in [-0.15, -0.1) is 0 Å². The minimum absolute atomic E-state index is 1.05. The first-order valence-corrected chi connectivity index (χ1v) is 3.80. The van der Waals surface area contributed by atoms with Crippen molar-refractivity contribution in [2.45, 2.75) is 0 Å². The van der Waals surface area contributed by atoms with E-state index in [-0.39, 0.29) is 0 Å². The molecule has 0 aliphatic carbocycles. The highest BCUT2D eigenvalue weighted by Crippen LogP contribution is 2.17. The Bertz CT molecular complexity index is 331. The molecule has 66 valence electrons. The number of nitrogens with zero attached hydrogens (tertiary/aromatic N) is 1. The lowest BCUT2D eigenvalue weighted by molar-refractivity contribution is -0.0979. The lowest BCUT2D eigenvalue weighted by Gasteiger charge is -2.00. The molecule has 0 bridgehead atoms. The Hall–Kier alpha value is -1.90. The summed E-state index contributed by atoms with van der Waals surface area (Å²) in [5.74, 6) is 0. The van der Waals surface area contributed by atoms with Crippen molar-refractivity contribution in [2.75, 3.05) is 5.43 Å². The third-order valence-corrected chi connectivity index (χ3v) is 1.58. The van der Waals surface area contributed by atoms with Gasteiger partial charge in [-0.25, -0.2) is 0 Å². The van der Waals surface area contributed by atoms with Gasteiger partial charge in [0.2, 0.25) is 0 Å². The van der Waals surface area contributed by atoms with E-state index in [1.807, 2.05) is 43.2 Å². The zero-order chi connectivity index (χ0) is 9.52. The van der Waals surface area contributed by atoms with Gasteiger partial charge in [-0.3, -0.25) is 5.43 Å². The molecule has 1 aliphatic rings. The highest BCUT2D eigenvalue weighted by atomic mass is 16.1. The van der Waals surface area contributed by atoms with Crippen molar-refractivity contribution < 1.29 is 4.79 Å². The fourth-order valence-corrected chi connectivity index (χ4v) is 1.04. The smallest absolute Gasteiger partial charge is 0.106 e. The summed E-state index contributed by atoms with van der Waals surface area (Å²) in [7, 11) is 0. The summed E-state index contributed by atoms with van der Waals surface area (Å²) >= 11 is 0. The molecule has 0 radical (unpaired) electrons. The Labute approximate surface area is 76.8 Å². The van der Waals surface area contributed by atoms with E-state index in [1.165, 1.54) is 5.56 Å². The van der Waals surface area contributed by atoms with Crippen molar-refractivity contribution in [1.29, 1.82) is 0 Å². The van der Waals surface area contributed by atoms with Crippen LogP contribution in [0.5, 0.6) is 0 Å². The number of allylic oxidation sites excluding steroid dienone is 1. The number of carbonyl (C=O) groups excluding carboxylic acids is 1. The summed E-state index contributed by atoms with van der Waals surface area (Å²) in [5, 5.41) is 3.95. The van der Waals surface area contributed by atoms with Gasteiger partial charge >= 0.3 is 0 Å². The molecule has 3 heteroatoms. The third-order valence-electron chi connectivity index (χ3n) is 1.58. The molecule has 0 fully saturated rings. The van der Waals surface area contributed by atoms with Crippen LogP contribution in [0.25, 0.3) is 6.08 Å². The molecule has 1 N–H and O–H groups in total. The van der Waals surface area contributed by atoms with Crippen molar-refractivity contribution in [2.24, 2.45) is 5.10 Å². The Morgan fingerprint density at radius 3 is 2.85 bits per heavy atom. The maximum Gasteiger partial charge on any atom is 0.106 e. The minimum atomic E-state index is 1.05. The van der Waals surface area contributed by atoms with Gasteiger partial charge in [0.25, 0.3) is 0 Å². The molecule has 0 saturated carbocycles. The van der Waals surface area contributed by atoms with Crippen LogP contribution in [0.3, 0.4) is 0 Å². The van der Waals surface area contributed by atoms with E-state index in [1.54, 1.807) is 6.21 Å². The quantitative estimate of drug-likeness (QED) is 0.652. The zero-order valence-electron chi connectivity index (χ0n) is 7.10. The maximum atomic E-state index is 8.00. The molecule has 13 heavy (non-hydrogen) atoms. The van der Waals surface area contributed by atoms with E-state index in [2.05, 4.69) is 10.5 Å². The first-order valence-electron chi connectivity index (χ1n) is 3.80. The molecular weight excluding hydrogens is 164 g/mol. The number of carbonyl (C=O) groups is 1. The van der Waals surface area contributed by atoms with Gasteiger partial charge in [-0.1, -0.05) is 24.3 Å². The van der Waals surface area contributed by atoms with Crippen LogP contribution in [0, 0.1) is 0 Å². The number of fused-ring (bicyclic) bond motifs is 1. The number of hydrogen-bond acceptors (Lipinski definition) is 3. The van der Waals surface area contributed by atoms with Crippen molar-refractivity contribution in [3.05, 3.63) is 35.9 Å². The first kappa shape index (κ1) is 9.19. The molecule has 1 aromatic carbocycles. The molecule has 1 aliphatic heterocycles. The SMILES string of the molecule is C1=Cc2ccccc2NN=C1.C=O. The first-order chi connectivity index (χ1) is 6.47. The molecule has 3 nitrogen and oxygen atoms in total. The van der Waals surface area contributed by atoms with Crippen LogP contribution < -0.4 is 5.43 Å².